The van der Waals surface area contributed by atoms with Crippen LogP contribution < -0.4 is 15.4 Å². The summed E-state index contributed by atoms with van der Waals surface area (Å²) in [4.78, 5) is 4.10. The lowest BCUT2D eigenvalue weighted by molar-refractivity contribution is 0.203. The van der Waals surface area contributed by atoms with Gasteiger partial charge in [-0.25, -0.2) is 13.1 Å². The van der Waals surface area contributed by atoms with E-state index in [1.165, 1.54) is 7.05 Å². The van der Waals surface area contributed by atoms with Crippen molar-refractivity contribution in [2.24, 2.45) is 4.99 Å². The molecule has 22 heavy (non-hydrogen) atoms. The molecule has 0 aliphatic heterocycles. The van der Waals surface area contributed by atoms with Crippen LogP contribution in [-0.4, -0.2) is 48.7 Å². The highest BCUT2D eigenvalue weighted by Crippen LogP contribution is 2.08. The van der Waals surface area contributed by atoms with E-state index in [1.807, 2.05) is 18.2 Å². The first kappa shape index (κ1) is 18.4. The van der Waals surface area contributed by atoms with Crippen LogP contribution in [0.5, 0.6) is 0 Å². The Morgan fingerprint density at radius 1 is 1.27 bits per heavy atom. The van der Waals surface area contributed by atoms with Crippen LogP contribution in [0.1, 0.15) is 11.1 Å². The summed E-state index contributed by atoms with van der Waals surface area (Å²) in [7, 11) is 1.49. The Morgan fingerprint density at radius 2 is 2.00 bits per heavy atom. The Labute approximate surface area is 132 Å². The van der Waals surface area contributed by atoms with Gasteiger partial charge in [-0.3, -0.25) is 4.99 Å². The summed E-state index contributed by atoms with van der Waals surface area (Å²) < 4.78 is 30.4. The van der Waals surface area contributed by atoms with Gasteiger partial charge in [0.1, 0.15) is 0 Å². The Bertz CT molecular complexity index is 588. The smallest absolute Gasteiger partial charge is 0.215 e. The quantitative estimate of drug-likeness (QED) is 0.356. The largest absolute Gasteiger partial charge is 0.383 e. The molecule has 0 heterocycles. The number of hydrogen-bond donors (Lipinski definition) is 3. The Kier molecular flexibility index (Phi) is 7.86. The SMILES string of the molecule is CN=C(NCCOC)NCc1cccc(CS(=O)(=O)NC)c1. The zero-order valence-electron chi connectivity index (χ0n) is 13.2. The van der Waals surface area contributed by atoms with Crippen molar-refractivity contribution in [3.63, 3.8) is 0 Å². The molecule has 0 spiro atoms. The molecule has 1 aromatic carbocycles. The molecule has 1 aromatic rings. The first-order valence-electron chi connectivity index (χ1n) is 6.93. The van der Waals surface area contributed by atoms with Crippen LogP contribution in [0, 0.1) is 0 Å². The minimum atomic E-state index is -3.26. The van der Waals surface area contributed by atoms with Gasteiger partial charge in [0.2, 0.25) is 10.0 Å². The second-order valence-electron chi connectivity index (χ2n) is 4.63. The van der Waals surface area contributed by atoms with Crippen molar-refractivity contribution in [1.29, 1.82) is 0 Å². The van der Waals surface area contributed by atoms with Crippen LogP contribution in [-0.2, 0) is 27.1 Å². The molecule has 0 aromatic heterocycles. The Morgan fingerprint density at radius 3 is 2.64 bits per heavy atom. The van der Waals surface area contributed by atoms with E-state index in [4.69, 9.17) is 4.74 Å². The van der Waals surface area contributed by atoms with Crippen molar-refractivity contribution in [2.45, 2.75) is 12.3 Å². The van der Waals surface area contributed by atoms with E-state index < -0.39 is 10.0 Å². The third-order valence-corrected chi connectivity index (χ3v) is 4.28. The maximum Gasteiger partial charge on any atom is 0.215 e. The van der Waals surface area contributed by atoms with Gasteiger partial charge in [0.05, 0.1) is 12.4 Å². The fourth-order valence-electron chi connectivity index (χ4n) is 1.80. The molecule has 0 radical (unpaired) electrons. The fraction of sp³-hybridized carbons (Fsp3) is 0.500. The second kappa shape index (κ2) is 9.39. The van der Waals surface area contributed by atoms with Crippen molar-refractivity contribution in [1.82, 2.24) is 15.4 Å². The molecule has 0 amide bonds. The predicted molar refractivity (Wildman–Crippen MR) is 88.2 cm³/mol. The van der Waals surface area contributed by atoms with Crippen LogP contribution >= 0.6 is 0 Å². The van der Waals surface area contributed by atoms with Crippen molar-refractivity contribution in [3.05, 3.63) is 35.4 Å². The van der Waals surface area contributed by atoms with Crippen molar-refractivity contribution >= 4 is 16.0 Å². The van der Waals surface area contributed by atoms with E-state index in [0.717, 1.165) is 11.1 Å². The van der Waals surface area contributed by atoms with Crippen molar-refractivity contribution < 1.29 is 13.2 Å². The van der Waals surface area contributed by atoms with E-state index in [1.54, 1.807) is 20.2 Å². The van der Waals surface area contributed by atoms with Gasteiger partial charge in [-0.1, -0.05) is 24.3 Å². The summed E-state index contributed by atoms with van der Waals surface area (Å²) in [6.07, 6.45) is 0. The number of hydrogen-bond acceptors (Lipinski definition) is 4. The summed E-state index contributed by atoms with van der Waals surface area (Å²) in [6, 6.07) is 7.44. The zero-order chi connectivity index (χ0) is 16.4. The maximum atomic E-state index is 11.6. The van der Waals surface area contributed by atoms with Gasteiger partial charge in [0, 0.05) is 27.2 Å². The topological polar surface area (TPSA) is 91.8 Å². The minimum Gasteiger partial charge on any atom is -0.383 e. The predicted octanol–water partition coefficient (Wildman–Crippen LogP) is 0.0472. The summed E-state index contributed by atoms with van der Waals surface area (Å²) in [5.41, 5.74) is 1.73. The minimum absolute atomic E-state index is 0.0296. The third-order valence-electron chi connectivity index (χ3n) is 2.94. The van der Waals surface area contributed by atoms with E-state index >= 15 is 0 Å². The first-order valence-corrected chi connectivity index (χ1v) is 8.58. The molecule has 8 heteroatoms. The van der Waals surface area contributed by atoms with Crippen LogP contribution in [0.25, 0.3) is 0 Å². The van der Waals surface area contributed by atoms with Crippen LogP contribution in [0.3, 0.4) is 0 Å². The average molecular weight is 328 g/mol. The zero-order valence-corrected chi connectivity index (χ0v) is 14.0. The number of aliphatic imine (C=N–C) groups is 1. The van der Waals surface area contributed by atoms with Gasteiger partial charge in [-0.2, -0.15) is 0 Å². The van der Waals surface area contributed by atoms with Crippen molar-refractivity contribution in [2.75, 3.05) is 34.4 Å². The molecule has 1 rings (SSSR count). The van der Waals surface area contributed by atoms with Gasteiger partial charge in [-0.05, 0) is 18.2 Å². The van der Waals surface area contributed by atoms with Gasteiger partial charge < -0.3 is 15.4 Å². The molecule has 0 saturated carbocycles. The van der Waals surface area contributed by atoms with Gasteiger partial charge in [-0.15, -0.1) is 0 Å². The number of guanidine groups is 1. The van der Waals surface area contributed by atoms with Crippen LogP contribution in [0.15, 0.2) is 29.3 Å². The number of sulfonamides is 1. The van der Waals surface area contributed by atoms with Crippen LogP contribution in [0.2, 0.25) is 0 Å². The van der Waals surface area contributed by atoms with E-state index in [2.05, 4.69) is 20.3 Å². The molecule has 7 nitrogen and oxygen atoms in total. The molecule has 0 aliphatic carbocycles. The van der Waals surface area contributed by atoms with Crippen molar-refractivity contribution in [3.8, 4) is 0 Å². The summed E-state index contributed by atoms with van der Waals surface area (Å²) in [6.45, 7) is 1.81. The standard InChI is InChI=1S/C14H24N4O3S/c1-15-14(17-7-8-21-3)18-10-12-5-4-6-13(9-12)11-22(19,20)16-2/h4-6,9,16H,7-8,10-11H2,1-3H3,(H2,15,17,18). The monoisotopic (exact) mass is 328 g/mol. The van der Waals surface area contributed by atoms with Gasteiger partial charge >= 0.3 is 0 Å². The molecule has 0 atom stereocenters. The normalized spacial score (nSPS) is 12.2. The molecule has 3 N–H and O–H groups in total. The number of nitrogens with one attached hydrogen (secondary N) is 3. The second-order valence-corrected chi connectivity index (χ2v) is 6.55. The summed E-state index contributed by atoms with van der Waals surface area (Å²) in [5, 5.41) is 6.28. The number of benzene rings is 1. The Hall–Kier alpha value is -1.64. The molecule has 0 bridgehead atoms. The average Bonchev–Trinajstić information content (AvgIpc) is 2.50. The van der Waals surface area contributed by atoms with E-state index in [-0.39, 0.29) is 5.75 Å². The fourth-order valence-corrected chi connectivity index (χ4v) is 2.56. The molecule has 0 aliphatic rings. The molecule has 0 unspecified atom stereocenters. The van der Waals surface area contributed by atoms with E-state index in [9.17, 15) is 8.42 Å². The molecule has 0 fully saturated rings. The third kappa shape index (κ3) is 6.88. The van der Waals surface area contributed by atoms with E-state index in [0.29, 0.717) is 25.7 Å². The highest BCUT2D eigenvalue weighted by atomic mass is 32.2. The summed E-state index contributed by atoms with van der Waals surface area (Å²) in [5.74, 6) is 0.642. The molecular weight excluding hydrogens is 304 g/mol. The number of ether oxygens (including phenoxy) is 1. The summed E-state index contributed by atoms with van der Waals surface area (Å²) >= 11 is 0. The number of nitrogens with zero attached hydrogens (tertiary/aromatic N) is 1. The number of rotatable bonds is 8. The molecular formula is C14H24N4O3S. The lowest BCUT2D eigenvalue weighted by atomic mass is 10.1. The first-order chi connectivity index (χ1) is 10.5. The molecule has 0 saturated heterocycles. The maximum absolute atomic E-state index is 11.6. The number of methoxy groups -OCH3 is 1. The highest BCUT2D eigenvalue weighted by molar-refractivity contribution is 7.88. The highest BCUT2D eigenvalue weighted by Gasteiger charge is 2.08. The lowest BCUT2D eigenvalue weighted by Crippen LogP contribution is -2.38. The van der Waals surface area contributed by atoms with Crippen LogP contribution in [0.4, 0.5) is 0 Å². The van der Waals surface area contributed by atoms with Gasteiger partial charge in [0.25, 0.3) is 0 Å². The lowest BCUT2D eigenvalue weighted by Gasteiger charge is -2.12. The molecule has 124 valence electrons. The Balaban J connectivity index is 2.59. The van der Waals surface area contributed by atoms with Gasteiger partial charge in [0.15, 0.2) is 5.96 Å².